The third kappa shape index (κ3) is 0.658. The van der Waals surface area contributed by atoms with Crippen molar-refractivity contribution in [2.75, 3.05) is 0 Å². The molecule has 1 aromatic rings. The quantitative estimate of drug-likeness (QED) is 0.453. The molecule has 0 aromatic heterocycles. The van der Waals surface area contributed by atoms with Crippen LogP contribution in [0.1, 0.15) is 0 Å². The van der Waals surface area contributed by atoms with Crippen LogP contribution >= 0.6 is 0 Å². The van der Waals surface area contributed by atoms with E-state index in [9.17, 15) is 4.91 Å². The van der Waals surface area contributed by atoms with E-state index in [1.807, 2.05) is 24.3 Å². The van der Waals surface area contributed by atoms with Gasteiger partial charge in [0.05, 0.1) is 15.2 Å². The van der Waals surface area contributed by atoms with Gasteiger partial charge in [0.15, 0.2) is 0 Å². The predicted octanol–water partition coefficient (Wildman–Crippen LogP) is -0.0449. The first-order valence-electron chi connectivity index (χ1n) is 3.10. The normalized spacial score (nSPS) is 13.8. The molecule has 1 heterocycles. The molecule has 1 aliphatic rings. The van der Waals surface area contributed by atoms with E-state index in [1.54, 1.807) is 12.4 Å². The number of fused-ring (bicyclic) bond motifs is 1. The van der Waals surface area contributed by atoms with Crippen LogP contribution < -0.4 is 10.4 Å². The molecule has 0 atom stereocenters. The minimum absolute atomic E-state index is 0.824. The summed E-state index contributed by atoms with van der Waals surface area (Å²) in [5.41, 5.74) is 0. The highest BCUT2D eigenvalue weighted by Crippen LogP contribution is 1.82. The van der Waals surface area contributed by atoms with Gasteiger partial charge in [-0.2, -0.15) is 0 Å². The lowest BCUT2D eigenvalue weighted by molar-refractivity contribution is -0.319. The number of benzene rings is 1. The smallest absolute Gasteiger partial charge is 0.0614 e. The second-order valence-electron chi connectivity index (χ2n) is 2.25. The second-order valence-corrected chi connectivity index (χ2v) is 2.25. The molecule has 0 saturated heterocycles. The van der Waals surface area contributed by atoms with Crippen molar-refractivity contribution in [3.63, 3.8) is 0 Å². The second kappa shape index (κ2) is 1.77. The molecule has 0 spiro atoms. The number of hydrogen-bond donors (Lipinski definition) is 0. The maximum atomic E-state index is 10.7. The molecule has 2 heteroatoms. The van der Waals surface area contributed by atoms with Crippen molar-refractivity contribution in [3.8, 4) is 0 Å². The van der Waals surface area contributed by atoms with Gasteiger partial charge in [-0.3, -0.25) is 0 Å². The van der Waals surface area contributed by atoms with E-state index >= 15 is 0 Å². The van der Waals surface area contributed by atoms with Gasteiger partial charge in [0.1, 0.15) is 0 Å². The fourth-order valence-electron chi connectivity index (χ4n) is 1.06. The Bertz CT molecular complexity index is 355. The summed E-state index contributed by atoms with van der Waals surface area (Å²) in [6.07, 6.45) is 3.13. The minimum atomic E-state index is 0.824. The molecule has 0 N–H and O–H groups in total. The van der Waals surface area contributed by atoms with Crippen LogP contribution in [0.15, 0.2) is 24.3 Å². The lowest BCUT2D eigenvalue weighted by Gasteiger charge is -1.74. The summed E-state index contributed by atoms with van der Waals surface area (Å²) in [4.78, 5) is 10.7. The van der Waals surface area contributed by atoms with Crippen molar-refractivity contribution < 1.29 is 4.76 Å². The lowest BCUT2D eigenvalue weighted by Crippen LogP contribution is -2.19. The molecule has 48 valence electrons. The molecule has 0 radical (unpaired) electrons. The Labute approximate surface area is 57.7 Å². The first-order valence-corrected chi connectivity index (χ1v) is 3.10. The first-order chi connectivity index (χ1) is 4.86. The standard InChI is InChI=1S/C8H6NO/c10-9-5-7-3-1-2-4-8(7)6-9/h1-6H/q+1. The molecule has 2 nitrogen and oxygen atoms in total. The van der Waals surface area contributed by atoms with Gasteiger partial charge in [-0.05, 0) is 12.1 Å². The molecule has 0 aliphatic carbocycles. The highest BCUT2D eigenvalue weighted by molar-refractivity contribution is 5.31. The summed E-state index contributed by atoms with van der Waals surface area (Å²) in [5.74, 6) is 0. The summed E-state index contributed by atoms with van der Waals surface area (Å²) in [5, 5.41) is 2.00. The van der Waals surface area contributed by atoms with Crippen LogP contribution in [-0.4, -0.2) is 4.76 Å². The van der Waals surface area contributed by atoms with E-state index in [0.29, 0.717) is 0 Å². The zero-order valence-corrected chi connectivity index (χ0v) is 5.32. The Morgan fingerprint density at radius 1 is 1.00 bits per heavy atom. The van der Waals surface area contributed by atoms with Crippen LogP contribution in [0.3, 0.4) is 0 Å². The molecule has 0 bridgehead atoms. The number of rotatable bonds is 0. The third-order valence-electron chi connectivity index (χ3n) is 1.53. The van der Waals surface area contributed by atoms with E-state index in [1.165, 1.54) is 0 Å². The van der Waals surface area contributed by atoms with E-state index < -0.39 is 0 Å². The van der Waals surface area contributed by atoms with Crippen molar-refractivity contribution in [3.05, 3.63) is 39.6 Å². The van der Waals surface area contributed by atoms with Crippen molar-refractivity contribution in [1.82, 2.24) is 0 Å². The highest BCUT2D eigenvalue weighted by Gasteiger charge is 2.05. The van der Waals surface area contributed by atoms with Crippen LogP contribution in [0.5, 0.6) is 0 Å². The van der Waals surface area contributed by atoms with Gasteiger partial charge in [-0.25, -0.2) is 0 Å². The first kappa shape index (κ1) is 5.35. The molecule has 1 aromatic carbocycles. The molecule has 0 fully saturated rings. The molecular weight excluding hydrogens is 126 g/mol. The molecule has 2 rings (SSSR count). The zero-order chi connectivity index (χ0) is 6.97. The molecule has 0 amide bonds. The number of nitrogens with zero attached hydrogens (tertiary/aromatic N) is 1. The van der Waals surface area contributed by atoms with E-state index in [-0.39, 0.29) is 0 Å². The lowest BCUT2D eigenvalue weighted by atomic mass is 10.3. The van der Waals surface area contributed by atoms with Gasteiger partial charge >= 0.3 is 0 Å². The molecular formula is C8H6NO+. The average molecular weight is 132 g/mol. The van der Waals surface area contributed by atoms with Crippen LogP contribution in [0.25, 0.3) is 12.4 Å². The summed E-state index contributed by atoms with van der Waals surface area (Å²) >= 11 is 0. The van der Waals surface area contributed by atoms with Gasteiger partial charge in [-0.15, -0.1) is 0 Å². The summed E-state index contributed by atoms with van der Waals surface area (Å²) < 4.78 is 0.824. The van der Waals surface area contributed by atoms with E-state index in [0.717, 1.165) is 15.2 Å². The van der Waals surface area contributed by atoms with Crippen molar-refractivity contribution >= 4 is 12.4 Å². The molecule has 0 unspecified atom stereocenters. The average Bonchev–Trinajstić information content (AvgIpc) is 2.27. The SMILES string of the molecule is O=[N+]1C=c2ccccc2=C1. The largest absolute Gasteiger partial charge is 0.235 e. The van der Waals surface area contributed by atoms with Crippen LogP contribution in [0.4, 0.5) is 0 Å². The van der Waals surface area contributed by atoms with Crippen molar-refractivity contribution in [1.29, 1.82) is 0 Å². The topological polar surface area (TPSA) is 20.1 Å². The summed E-state index contributed by atoms with van der Waals surface area (Å²) in [7, 11) is 0. The van der Waals surface area contributed by atoms with Gasteiger partial charge < -0.3 is 0 Å². The number of nitroso groups, excluding NO2 is 1. The Hall–Kier alpha value is -1.44. The van der Waals surface area contributed by atoms with Crippen LogP contribution in [0.2, 0.25) is 0 Å². The molecule has 10 heavy (non-hydrogen) atoms. The Balaban J connectivity index is 2.96. The van der Waals surface area contributed by atoms with Gasteiger partial charge in [-0.1, -0.05) is 12.1 Å². The van der Waals surface area contributed by atoms with E-state index in [4.69, 9.17) is 0 Å². The summed E-state index contributed by atoms with van der Waals surface area (Å²) in [6.45, 7) is 0. The summed E-state index contributed by atoms with van der Waals surface area (Å²) in [6, 6.07) is 7.68. The van der Waals surface area contributed by atoms with Gasteiger partial charge in [0.2, 0.25) is 12.4 Å². The van der Waals surface area contributed by atoms with E-state index in [2.05, 4.69) is 0 Å². The minimum Gasteiger partial charge on any atom is -0.0614 e. The van der Waals surface area contributed by atoms with Crippen LogP contribution in [0, 0.1) is 4.91 Å². The number of hydrogen-bond acceptors (Lipinski definition) is 1. The maximum Gasteiger partial charge on any atom is 0.235 e. The fraction of sp³-hybridized carbons (Fsp3) is 0. The zero-order valence-electron chi connectivity index (χ0n) is 5.32. The highest BCUT2D eigenvalue weighted by atomic mass is 16.3. The third-order valence-corrected chi connectivity index (χ3v) is 1.53. The molecule has 0 saturated carbocycles. The van der Waals surface area contributed by atoms with Gasteiger partial charge in [0, 0.05) is 4.91 Å². The Morgan fingerprint density at radius 3 is 2.00 bits per heavy atom. The maximum absolute atomic E-state index is 10.7. The van der Waals surface area contributed by atoms with Gasteiger partial charge in [0.25, 0.3) is 0 Å². The predicted molar refractivity (Wildman–Crippen MR) is 38.2 cm³/mol. The monoisotopic (exact) mass is 132 g/mol. The Kier molecular flexibility index (Phi) is 0.947. The van der Waals surface area contributed by atoms with Crippen molar-refractivity contribution in [2.24, 2.45) is 0 Å². The van der Waals surface area contributed by atoms with Crippen LogP contribution in [-0.2, 0) is 0 Å². The Morgan fingerprint density at radius 2 is 1.50 bits per heavy atom. The van der Waals surface area contributed by atoms with Crippen molar-refractivity contribution in [2.45, 2.75) is 0 Å². The molecule has 1 aliphatic heterocycles. The fourth-order valence-corrected chi connectivity index (χ4v) is 1.06.